The summed E-state index contributed by atoms with van der Waals surface area (Å²) >= 11 is 0. The molecule has 0 radical (unpaired) electrons. The quantitative estimate of drug-likeness (QED) is 0.572. The average molecular weight is 405 g/mol. The fourth-order valence-electron chi connectivity index (χ4n) is 3.21. The second-order valence-corrected chi connectivity index (χ2v) is 7.82. The van der Waals surface area contributed by atoms with Crippen molar-refractivity contribution in [3.63, 3.8) is 0 Å². The molecule has 2 aromatic carbocycles. The minimum absolute atomic E-state index is 0.0280. The second kappa shape index (κ2) is 10.4. The summed E-state index contributed by atoms with van der Waals surface area (Å²) in [5.41, 5.74) is 3.91. The van der Waals surface area contributed by atoms with E-state index in [2.05, 4.69) is 41.7 Å². The molecule has 0 unspecified atom stereocenters. The van der Waals surface area contributed by atoms with Gasteiger partial charge >= 0.3 is 0 Å². The Morgan fingerprint density at radius 2 is 1.73 bits per heavy atom. The molecule has 30 heavy (non-hydrogen) atoms. The van der Waals surface area contributed by atoms with Gasteiger partial charge in [0.05, 0.1) is 6.42 Å². The van der Waals surface area contributed by atoms with E-state index in [1.807, 2.05) is 36.4 Å². The zero-order valence-corrected chi connectivity index (χ0v) is 17.5. The fourth-order valence-corrected chi connectivity index (χ4v) is 3.21. The van der Waals surface area contributed by atoms with Crippen LogP contribution in [-0.4, -0.2) is 21.6 Å². The highest BCUT2D eigenvalue weighted by Gasteiger charge is 2.07. The van der Waals surface area contributed by atoms with Gasteiger partial charge in [-0.3, -0.25) is 14.3 Å². The van der Waals surface area contributed by atoms with E-state index in [0.29, 0.717) is 24.6 Å². The van der Waals surface area contributed by atoms with Gasteiger partial charge in [-0.05, 0) is 47.2 Å². The number of hydrogen-bond acceptors (Lipinski definition) is 3. The van der Waals surface area contributed by atoms with E-state index in [9.17, 15) is 9.59 Å². The van der Waals surface area contributed by atoms with E-state index in [4.69, 9.17) is 0 Å². The van der Waals surface area contributed by atoms with Gasteiger partial charge in [-0.15, -0.1) is 0 Å². The van der Waals surface area contributed by atoms with Gasteiger partial charge in [0.1, 0.15) is 6.54 Å². The van der Waals surface area contributed by atoms with Crippen molar-refractivity contribution in [3.05, 3.63) is 83.7 Å². The third-order valence-corrected chi connectivity index (χ3v) is 4.60. The third-order valence-electron chi connectivity index (χ3n) is 4.60. The van der Waals surface area contributed by atoms with Crippen LogP contribution in [0.3, 0.4) is 0 Å². The number of hydrogen-bond donors (Lipinski definition) is 2. The number of carbonyl (C=O) groups is 2. The molecule has 0 fully saturated rings. The maximum Gasteiger partial charge on any atom is 0.246 e. The van der Waals surface area contributed by atoms with Crippen LogP contribution in [0, 0.1) is 5.92 Å². The molecule has 6 nitrogen and oxygen atoms in total. The van der Waals surface area contributed by atoms with Crippen molar-refractivity contribution in [1.82, 2.24) is 15.1 Å². The normalized spacial score (nSPS) is 10.8. The molecule has 0 atom stereocenters. The van der Waals surface area contributed by atoms with Crippen LogP contribution in [0.5, 0.6) is 0 Å². The second-order valence-electron chi connectivity index (χ2n) is 7.82. The summed E-state index contributed by atoms with van der Waals surface area (Å²) in [4.78, 5) is 24.4. The van der Waals surface area contributed by atoms with Crippen molar-refractivity contribution >= 4 is 17.5 Å². The lowest BCUT2D eigenvalue weighted by Crippen LogP contribution is -2.24. The fraction of sp³-hybridized carbons (Fsp3) is 0.292. The molecule has 0 spiro atoms. The van der Waals surface area contributed by atoms with Gasteiger partial charge < -0.3 is 10.6 Å². The Labute approximate surface area is 177 Å². The maximum absolute atomic E-state index is 12.3. The average Bonchev–Trinajstić information content (AvgIpc) is 3.21. The maximum atomic E-state index is 12.3. The molecule has 1 heterocycles. The van der Waals surface area contributed by atoms with Gasteiger partial charge in [0.15, 0.2) is 0 Å². The number of benzene rings is 2. The van der Waals surface area contributed by atoms with Crippen LogP contribution in [0.25, 0.3) is 0 Å². The lowest BCUT2D eigenvalue weighted by molar-refractivity contribution is -0.120. The Kier molecular flexibility index (Phi) is 7.38. The molecule has 2 amide bonds. The molecule has 3 rings (SSSR count). The van der Waals surface area contributed by atoms with Gasteiger partial charge in [0, 0.05) is 24.6 Å². The lowest BCUT2D eigenvalue weighted by Gasteiger charge is -2.10. The van der Waals surface area contributed by atoms with Crippen molar-refractivity contribution in [1.29, 1.82) is 0 Å². The van der Waals surface area contributed by atoms with Crippen molar-refractivity contribution in [2.24, 2.45) is 5.92 Å². The Morgan fingerprint density at radius 3 is 2.43 bits per heavy atom. The number of nitrogens with zero attached hydrogens (tertiary/aromatic N) is 2. The van der Waals surface area contributed by atoms with E-state index in [1.165, 1.54) is 5.56 Å². The summed E-state index contributed by atoms with van der Waals surface area (Å²) in [6.45, 7) is 4.96. The van der Waals surface area contributed by atoms with E-state index >= 15 is 0 Å². The number of nitrogens with one attached hydrogen (secondary N) is 2. The van der Waals surface area contributed by atoms with Gasteiger partial charge in [-0.2, -0.15) is 5.10 Å². The zero-order chi connectivity index (χ0) is 21.3. The molecule has 0 bridgehead atoms. The summed E-state index contributed by atoms with van der Waals surface area (Å²) in [6.07, 6.45) is 4.77. The molecule has 1 aromatic heterocycles. The first kappa shape index (κ1) is 21.3. The Hall–Kier alpha value is -3.41. The van der Waals surface area contributed by atoms with E-state index in [-0.39, 0.29) is 18.4 Å². The monoisotopic (exact) mass is 404 g/mol. The largest absolute Gasteiger partial charge is 0.352 e. The van der Waals surface area contributed by atoms with Gasteiger partial charge in [-0.1, -0.05) is 50.2 Å². The number of rotatable bonds is 9. The molecule has 0 saturated carbocycles. The number of amides is 2. The molecule has 6 heteroatoms. The molecule has 156 valence electrons. The van der Waals surface area contributed by atoms with Crippen LogP contribution in [0.4, 0.5) is 5.69 Å². The number of carbonyl (C=O) groups excluding carboxylic acids is 2. The molecule has 0 aliphatic rings. The van der Waals surface area contributed by atoms with Gasteiger partial charge in [-0.25, -0.2) is 0 Å². The third kappa shape index (κ3) is 6.88. The highest BCUT2D eigenvalue weighted by molar-refractivity contribution is 5.90. The minimum Gasteiger partial charge on any atom is -0.352 e. The first-order valence-corrected chi connectivity index (χ1v) is 10.2. The van der Waals surface area contributed by atoms with Crippen molar-refractivity contribution in [3.8, 4) is 0 Å². The van der Waals surface area contributed by atoms with Gasteiger partial charge in [0.2, 0.25) is 11.8 Å². The van der Waals surface area contributed by atoms with Crippen LogP contribution < -0.4 is 10.6 Å². The molecule has 0 aliphatic carbocycles. The van der Waals surface area contributed by atoms with Gasteiger partial charge in [0.25, 0.3) is 0 Å². The van der Waals surface area contributed by atoms with E-state index < -0.39 is 0 Å². The van der Waals surface area contributed by atoms with Crippen LogP contribution in [-0.2, 0) is 35.5 Å². The Bertz CT molecular complexity index is 963. The number of anilines is 1. The first-order valence-electron chi connectivity index (χ1n) is 10.2. The van der Waals surface area contributed by atoms with Crippen molar-refractivity contribution < 1.29 is 9.59 Å². The smallest absolute Gasteiger partial charge is 0.246 e. The minimum atomic E-state index is -0.152. The molecular weight excluding hydrogens is 376 g/mol. The lowest BCUT2D eigenvalue weighted by atomic mass is 10.0. The number of aromatic nitrogens is 2. The summed E-state index contributed by atoms with van der Waals surface area (Å²) in [5.74, 6) is 0.436. The molecule has 0 aliphatic heterocycles. The summed E-state index contributed by atoms with van der Waals surface area (Å²) in [7, 11) is 0. The van der Waals surface area contributed by atoms with Crippen LogP contribution in [0.1, 0.15) is 30.5 Å². The predicted molar refractivity (Wildman–Crippen MR) is 118 cm³/mol. The molecule has 0 saturated heterocycles. The molecular formula is C24H28N4O2. The Morgan fingerprint density at radius 1 is 0.967 bits per heavy atom. The molecule has 2 N–H and O–H groups in total. The molecule has 3 aromatic rings. The summed E-state index contributed by atoms with van der Waals surface area (Å²) in [5, 5.41) is 9.82. The summed E-state index contributed by atoms with van der Waals surface area (Å²) < 4.78 is 1.56. The van der Waals surface area contributed by atoms with Crippen LogP contribution >= 0.6 is 0 Å². The zero-order valence-electron chi connectivity index (χ0n) is 17.5. The SMILES string of the molecule is CC(C)Cc1ccc(CC(=O)NCc2cccc(NC(=O)Cn3cccn3)c2)cc1. The van der Waals surface area contributed by atoms with Crippen molar-refractivity contribution in [2.45, 2.75) is 39.8 Å². The highest BCUT2D eigenvalue weighted by atomic mass is 16.2. The van der Waals surface area contributed by atoms with E-state index in [0.717, 1.165) is 17.5 Å². The van der Waals surface area contributed by atoms with Crippen LogP contribution in [0.2, 0.25) is 0 Å². The van der Waals surface area contributed by atoms with E-state index in [1.54, 1.807) is 23.1 Å². The summed E-state index contributed by atoms with van der Waals surface area (Å²) in [6, 6.07) is 17.5. The highest BCUT2D eigenvalue weighted by Crippen LogP contribution is 2.12. The standard InChI is InChI=1S/C24H28N4O2/c1-18(2)13-19-7-9-20(10-8-19)15-23(29)25-16-21-5-3-6-22(14-21)27-24(30)17-28-12-4-11-26-28/h3-12,14,18H,13,15-17H2,1-2H3,(H,25,29)(H,27,30). The predicted octanol–water partition coefficient (Wildman–Crippen LogP) is 3.58. The van der Waals surface area contributed by atoms with Crippen molar-refractivity contribution in [2.75, 3.05) is 5.32 Å². The topological polar surface area (TPSA) is 76.0 Å². The first-order chi connectivity index (χ1) is 14.5. The Balaban J connectivity index is 1.47. The van der Waals surface area contributed by atoms with Crippen LogP contribution in [0.15, 0.2) is 67.0 Å².